The number of anilines is 1. The summed E-state index contributed by atoms with van der Waals surface area (Å²) in [6, 6.07) is 6.26. The fraction of sp³-hybridized carbons (Fsp3) is 0.400. The van der Waals surface area contributed by atoms with Crippen LogP contribution in [0, 0.1) is 0 Å². The molecule has 0 radical (unpaired) electrons. The van der Waals surface area contributed by atoms with E-state index in [0.29, 0.717) is 5.69 Å². The Morgan fingerprint density at radius 1 is 1.27 bits per heavy atom. The van der Waals surface area contributed by atoms with Gasteiger partial charge in [-0.2, -0.15) is 5.10 Å². The highest BCUT2D eigenvalue weighted by molar-refractivity contribution is 6.32. The molecule has 0 bridgehead atoms. The van der Waals surface area contributed by atoms with Gasteiger partial charge in [-0.1, -0.05) is 17.7 Å². The van der Waals surface area contributed by atoms with Gasteiger partial charge in [-0.3, -0.25) is 14.7 Å². The number of aromatic nitrogens is 3. The van der Waals surface area contributed by atoms with Gasteiger partial charge in [-0.25, -0.2) is 5.10 Å². The van der Waals surface area contributed by atoms with Crippen LogP contribution in [0.1, 0.15) is 18.7 Å². The second-order valence-electron chi connectivity index (χ2n) is 5.35. The molecule has 1 N–H and O–H groups in total. The average molecular weight is 320 g/mol. The molecule has 0 saturated carbocycles. The number of H-pyrrole nitrogens is 1. The van der Waals surface area contributed by atoms with Crippen molar-refractivity contribution in [1.82, 2.24) is 20.1 Å². The second-order valence-corrected chi connectivity index (χ2v) is 5.73. The van der Waals surface area contributed by atoms with Crippen molar-refractivity contribution in [3.8, 4) is 0 Å². The van der Waals surface area contributed by atoms with Crippen molar-refractivity contribution in [2.75, 3.05) is 31.1 Å². The van der Waals surface area contributed by atoms with E-state index < -0.39 is 0 Å². The number of halogens is 1. The molecule has 0 amide bonds. The normalized spacial score (nSPS) is 17.5. The van der Waals surface area contributed by atoms with Gasteiger partial charge < -0.3 is 4.90 Å². The van der Waals surface area contributed by atoms with Crippen molar-refractivity contribution in [3.63, 3.8) is 0 Å². The summed E-state index contributed by atoms with van der Waals surface area (Å²) in [5.41, 5.74) is 1.44. The zero-order valence-electron chi connectivity index (χ0n) is 12.4. The number of pyridine rings is 1. The Morgan fingerprint density at radius 2 is 2.05 bits per heavy atom. The third-order valence-corrected chi connectivity index (χ3v) is 4.46. The highest BCUT2D eigenvalue weighted by Gasteiger charge is 2.24. The number of hydrogen-bond acceptors (Lipinski definition) is 5. The number of hydrogen-bond donors (Lipinski definition) is 1. The Morgan fingerprint density at radius 3 is 2.73 bits per heavy atom. The molecule has 3 rings (SSSR count). The molecule has 3 heterocycles. The van der Waals surface area contributed by atoms with E-state index in [2.05, 4.69) is 38.0 Å². The standard InChI is InChI=1S/C15H18ClN5O/c1-11(12-4-2-3-5-17-12)20-6-8-21(9-7-20)13-10-18-19-15(22)14(13)16/h2-5,10-11H,6-9H2,1H3,(H,19,22)/t11-/m1/s1. The third kappa shape index (κ3) is 2.98. The largest absolute Gasteiger partial charge is 0.366 e. The predicted octanol–water partition coefficient (Wildman–Crippen LogP) is 1.70. The maximum Gasteiger partial charge on any atom is 0.285 e. The van der Waals surface area contributed by atoms with Crippen LogP contribution in [0.5, 0.6) is 0 Å². The van der Waals surface area contributed by atoms with Gasteiger partial charge in [0.1, 0.15) is 5.02 Å². The minimum Gasteiger partial charge on any atom is -0.366 e. The van der Waals surface area contributed by atoms with Crippen molar-refractivity contribution in [3.05, 3.63) is 51.7 Å². The first-order chi connectivity index (χ1) is 10.7. The van der Waals surface area contributed by atoms with Crippen molar-refractivity contribution in [2.24, 2.45) is 0 Å². The van der Waals surface area contributed by atoms with Crippen molar-refractivity contribution >= 4 is 17.3 Å². The molecule has 1 atom stereocenters. The van der Waals surface area contributed by atoms with Gasteiger partial charge in [0.15, 0.2) is 0 Å². The summed E-state index contributed by atoms with van der Waals surface area (Å²) in [5, 5.41) is 6.39. The Kier molecular flexibility index (Phi) is 4.40. The molecular formula is C15H18ClN5O. The third-order valence-electron chi connectivity index (χ3n) is 4.10. The molecule has 0 spiro atoms. The van der Waals surface area contributed by atoms with Crippen LogP contribution in [-0.2, 0) is 0 Å². The molecule has 0 aliphatic carbocycles. The number of nitrogens with one attached hydrogen (secondary N) is 1. The predicted molar refractivity (Wildman–Crippen MR) is 86.3 cm³/mol. The minimum absolute atomic E-state index is 0.209. The maximum absolute atomic E-state index is 11.5. The summed E-state index contributed by atoms with van der Waals surface area (Å²) >= 11 is 6.07. The van der Waals surface area contributed by atoms with Crippen LogP contribution in [0.4, 0.5) is 5.69 Å². The summed E-state index contributed by atoms with van der Waals surface area (Å²) in [6.45, 7) is 5.56. The van der Waals surface area contributed by atoms with Crippen molar-refractivity contribution in [1.29, 1.82) is 0 Å². The van der Waals surface area contributed by atoms with Gasteiger partial charge >= 0.3 is 0 Å². The summed E-state index contributed by atoms with van der Waals surface area (Å²) in [7, 11) is 0. The fourth-order valence-electron chi connectivity index (χ4n) is 2.75. The van der Waals surface area contributed by atoms with Gasteiger partial charge in [0, 0.05) is 38.4 Å². The lowest BCUT2D eigenvalue weighted by atomic mass is 10.1. The van der Waals surface area contributed by atoms with Crippen LogP contribution in [0.2, 0.25) is 5.02 Å². The lowest BCUT2D eigenvalue weighted by Crippen LogP contribution is -2.47. The first-order valence-electron chi connectivity index (χ1n) is 7.30. The first kappa shape index (κ1) is 15.0. The van der Waals surface area contributed by atoms with Crippen LogP contribution >= 0.6 is 11.6 Å². The van der Waals surface area contributed by atoms with Crippen LogP contribution in [-0.4, -0.2) is 46.3 Å². The van der Waals surface area contributed by atoms with Gasteiger partial charge in [0.05, 0.1) is 17.6 Å². The summed E-state index contributed by atoms with van der Waals surface area (Å²) < 4.78 is 0. The molecule has 2 aromatic rings. The van der Waals surface area contributed by atoms with Gasteiger partial charge in [0.2, 0.25) is 0 Å². The SMILES string of the molecule is C[C@H](c1ccccn1)N1CCN(c2cn[nH]c(=O)c2Cl)CC1. The van der Waals surface area contributed by atoms with E-state index in [1.54, 1.807) is 6.20 Å². The van der Waals surface area contributed by atoms with E-state index in [9.17, 15) is 4.79 Å². The van der Waals surface area contributed by atoms with Crippen molar-refractivity contribution in [2.45, 2.75) is 13.0 Å². The average Bonchev–Trinajstić information content (AvgIpc) is 2.58. The van der Waals surface area contributed by atoms with E-state index >= 15 is 0 Å². The molecule has 1 saturated heterocycles. The lowest BCUT2D eigenvalue weighted by Gasteiger charge is -2.38. The zero-order chi connectivity index (χ0) is 15.5. The number of piperazine rings is 1. The smallest absolute Gasteiger partial charge is 0.285 e. The van der Waals surface area contributed by atoms with Gasteiger partial charge in [-0.15, -0.1) is 0 Å². The molecule has 1 aliphatic rings. The van der Waals surface area contributed by atoms with E-state index in [-0.39, 0.29) is 16.6 Å². The Hall–Kier alpha value is -1.92. The highest BCUT2D eigenvalue weighted by atomic mass is 35.5. The van der Waals surface area contributed by atoms with Crippen LogP contribution in [0.15, 0.2) is 35.4 Å². The minimum atomic E-state index is -0.344. The Balaban J connectivity index is 1.68. The fourth-order valence-corrected chi connectivity index (χ4v) is 2.97. The summed E-state index contributed by atoms with van der Waals surface area (Å²) in [6.07, 6.45) is 3.44. The highest BCUT2D eigenvalue weighted by Crippen LogP contribution is 2.25. The lowest BCUT2D eigenvalue weighted by molar-refractivity contribution is 0.195. The molecule has 6 nitrogen and oxygen atoms in total. The van der Waals surface area contributed by atoms with E-state index in [1.807, 2.05) is 18.3 Å². The quantitative estimate of drug-likeness (QED) is 0.933. The van der Waals surface area contributed by atoms with Crippen LogP contribution in [0.25, 0.3) is 0 Å². The molecule has 0 aromatic carbocycles. The molecule has 7 heteroatoms. The topological polar surface area (TPSA) is 65.1 Å². The van der Waals surface area contributed by atoms with Gasteiger partial charge in [-0.05, 0) is 19.1 Å². The molecular weight excluding hydrogens is 302 g/mol. The van der Waals surface area contributed by atoms with Crippen molar-refractivity contribution < 1.29 is 0 Å². The Bertz CT molecular complexity index is 682. The van der Waals surface area contributed by atoms with E-state index in [4.69, 9.17) is 11.6 Å². The molecule has 1 aliphatic heterocycles. The number of rotatable bonds is 3. The van der Waals surface area contributed by atoms with Crippen LogP contribution < -0.4 is 10.5 Å². The molecule has 2 aromatic heterocycles. The molecule has 1 fully saturated rings. The van der Waals surface area contributed by atoms with E-state index in [1.165, 1.54) is 0 Å². The summed E-state index contributed by atoms with van der Waals surface area (Å²) in [5.74, 6) is 0. The molecule has 116 valence electrons. The molecule has 0 unspecified atom stereocenters. The van der Waals surface area contributed by atoms with Gasteiger partial charge in [0.25, 0.3) is 5.56 Å². The number of aromatic amines is 1. The first-order valence-corrected chi connectivity index (χ1v) is 7.67. The molecule has 22 heavy (non-hydrogen) atoms. The van der Waals surface area contributed by atoms with Crippen LogP contribution in [0.3, 0.4) is 0 Å². The maximum atomic E-state index is 11.5. The summed E-state index contributed by atoms with van der Waals surface area (Å²) in [4.78, 5) is 20.5. The van der Waals surface area contributed by atoms with E-state index in [0.717, 1.165) is 31.9 Å². The Labute approximate surface area is 133 Å². The monoisotopic (exact) mass is 319 g/mol. The number of nitrogens with zero attached hydrogens (tertiary/aromatic N) is 4. The second kappa shape index (κ2) is 6.46. The zero-order valence-corrected chi connectivity index (χ0v) is 13.1.